The highest BCUT2D eigenvalue weighted by Crippen LogP contribution is 2.31. The largest absolute Gasteiger partial charge is 0.416 e. The third kappa shape index (κ3) is 5.83. The lowest BCUT2D eigenvalue weighted by Gasteiger charge is -2.27. The fraction of sp³-hybridized carbons (Fsp3) is 0.450. The van der Waals surface area contributed by atoms with Gasteiger partial charge in [0, 0.05) is 18.7 Å². The second-order valence-corrected chi connectivity index (χ2v) is 7.43. The third-order valence-corrected chi connectivity index (χ3v) is 5.17. The Morgan fingerprint density at radius 3 is 2.81 bits per heavy atom. The first-order valence-corrected chi connectivity index (χ1v) is 11.1. The molecule has 4 rings (SSSR count). The van der Waals surface area contributed by atoms with E-state index < -0.39 is 17.8 Å². The van der Waals surface area contributed by atoms with E-state index in [2.05, 4.69) is 33.2 Å². The van der Waals surface area contributed by atoms with Crippen molar-refractivity contribution in [3.63, 3.8) is 0 Å². The summed E-state index contributed by atoms with van der Waals surface area (Å²) in [5.41, 5.74) is 1.05. The Morgan fingerprint density at radius 2 is 2.12 bits per heavy atom. The Labute approximate surface area is 194 Å². The molecule has 2 aromatic rings. The molecule has 1 atom stereocenters. The molecule has 3 heterocycles. The molecule has 1 fully saturated rings. The van der Waals surface area contributed by atoms with Crippen LogP contribution in [-0.4, -0.2) is 52.8 Å². The number of halogens is 4. The maximum Gasteiger partial charge on any atom is 0.416 e. The minimum atomic E-state index is -4.41. The summed E-state index contributed by atoms with van der Waals surface area (Å²) in [6, 6.07) is 4.64. The molecule has 0 bridgehead atoms. The molecule has 1 amide bonds. The molecule has 0 saturated carbocycles. The average Bonchev–Trinajstić information content (AvgIpc) is 3.22. The van der Waals surface area contributed by atoms with Crippen molar-refractivity contribution in [3.8, 4) is 0 Å². The van der Waals surface area contributed by atoms with E-state index in [1.165, 1.54) is 6.07 Å². The van der Waals surface area contributed by atoms with Crippen LogP contribution >= 0.6 is 24.2 Å². The van der Waals surface area contributed by atoms with Gasteiger partial charge in [0.05, 0.1) is 37.6 Å². The summed E-state index contributed by atoms with van der Waals surface area (Å²) in [6.07, 6.45) is -2.72. The quantitative estimate of drug-likeness (QED) is 0.452. The van der Waals surface area contributed by atoms with Gasteiger partial charge in [-0.05, 0) is 35.6 Å². The van der Waals surface area contributed by atoms with Crippen LogP contribution in [0.5, 0.6) is 0 Å². The summed E-state index contributed by atoms with van der Waals surface area (Å²) < 4.78 is 44.1. The number of morpholine rings is 1. The lowest BCUT2D eigenvalue weighted by atomic mass is 10.1. The van der Waals surface area contributed by atoms with Crippen LogP contribution in [0.3, 0.4) is 0 Å². The zero-order chi connectivity index (χ0) is 23.3. The van der Waals surface area contributed by atoms with Crippen LogP contribution in [0, 0.1) is 0 Å². The number of carbonyl (C=O) groups excluding carboxylic acids is 1. The number of hydrogen-bond donors (Lipinski definition) is 3. The van der Waals surface area contributed by atoms with Crippen molar-refractivity contribution < 1.29 is 22.7 Å². The van der Waals surface area contributed by atoms with Crippen molar-refractivity contribution >= 4 is 36.0 Å². The van der Waals surface area contributed by atoms with Crippen LogP contribution in [0.4, 0.5) is 19.0 Å². The lowest BCUT2D eigenvalue weighted by molar-refractivity contribution is -0.138. The van der Waals surface area contributed by atoms with Gasteiger partial charge in [-0.2, -0.15) is 25.8 Å². The molecule has 1 unspecified atom stereocenters. The molecule has 12 heteroatoms. The minimum absolute atomic E-state index is 0.00807. The Hall–Kier alpha value is -2.08. The van der Waals surface area contributed by atoms with Crippen LogP contribution in [0.15, 0.2) is 24.3 Å². The van der Waals surface area contributed by atoms with Gasteiger partial charge < -0.3 is 20.3 Å². The third-order valence-electron chi connectivity index (χ3n) is 5.00. The smallest absolute Gasteiger partial charge is 0.378 e. The van der Waals surface area contributed by atoms with Crippen molar-refractivity contribution in [2.45, 2.75) is 31.9 Å². The van der Waals surface area contributed by atoms with E-state index in [4.69, 9.17) is 16.3 Å². The van der Waals surface area contributed by atoms with Crippen molar-refractivity contribution in [2.24, 2.45) is 0 Å². The standard InChI is InChI=1S/C19H19ClF3N5O2.CH4S/c20-18-26-14-9-28(17(29)15-10-30-5-4-24-15)8-13(14)16(27-18)25-7-11-2-1-3-12(6-11)19(21,22)23;1-2/h1-3,6,15,24H,4-5,7-10H2,(H,25,26,27);2H,1H3. The van der Waals surface area contributed by atoms with E-state index in [-0.39, 0.29) is 30.8 Å². The fourth-order valence-electron chi connectivity index (χ4n) is 3.51. The number of nitrogens with zero attached hydrogens (tertiary/aromatic N) is 3. The van der Waals surface area contributed by atoms with E-state index >= 15 is 0 Å². The van der Waals surface area contributed by atoms with Gasteiger partial charge in [-0.15, -0.1) is 0 Å². The first-order chi connectivity index (χ1) is 15.3. The monoisotopic (exact) mass is 489 g/mol. The zero-order valence-electron chi connectivity index (χ0n) is 17.2. The molecule has 32 heavy (non-hydrogen) atoms. The van der Waals surface area contributed by atoms with Gasteiger partial charge in [0.25, 0.3) is 0 Å². The van der Waals surface area contributed by atoms with E-state index in [1.54, 1.807) is 17.2 Å². The molecule has 2 aliphatic heterocycles. The number of rotatable bonds is 4. The number of alkyl halides is 3. The number of nitrogens with one attached hydrogen (secondary N) is 2. The maximum atomic E-state index is 12.9. The highest BCUT2D eigenvalue weighted by atomic mass is 35.5. The number of ether oxygens (including phenoxy) is 1. The molecule has 1 saturated heterocycles. The molecule has 1 aromatic heterocycles. The van der Waals surface area contributed by atoms with Crippen LogP contribution in [0.2, 0.25) is 5.28 Å². The van der Waals surface area contributed by atoms with Crippen molar-refractivity contribution in [1.29, 1.82) is 0 Å². The second kappa shape index (κ2) is 10.7. The molecule has 0 aliphatic carbocycles. The number of benzene rings is 1. The minimum Gasteiger partial charge on any atom is -0.378 e. The van der Waals surface area contributed by atoms with Crippen LogP contribution in [0.1, 0.15) is 22.4 Å². The zero-order valence-corrected chi connectivity index (χ0v) is 18.9. The number of aromatic nitrogens is 2. The highest BCUT2D eigenvalue weighted by Gasteiger charge is 2.33. The van der Waals surface area contributed by atoms with E-state index in [1.807, 2.05) is 0 Å². The predicted octanol–water partition coefficient (Wildman–Crippen LogP) is 3.14. The van der Waals surface area contributed by atoms with Gasteiger partial charge in [0.2, 0.25) is 11.2 Å². The van der Waals surface area contributed by atoms with Gasteiger partial charge in [0.1, 0.15) is 11.9 Å². The van der Waals surface area contributed by atoms with Gasteiger partial charge >= 0.3 is 6.18 Å². The number of fused-ring (bicyclic) bond motifs is 1. The van der Waals surface area contributed by atoms with Crippen molar-refractivity contribution in [1.82, 2.24) is 20.2 Å². The molecule has 2 aliphatic rings. The maximum absolute atomic E-state index is 12.9. The fourth-order valence-corrected chi connectivity index (χ4v) is 3.70. The van der Waals surface area contributed by atoms with E-state index in [0.717, 1.165) is 12.1 Å². The van der Waals surface area contributed by atoms with Crippen LogP contribution < -0.4 is 10.6 Å². The van der Waals surface area contributed by atoms with Crippen molar-refractivity contribution in [2.75, 3.05) is 31.3 Å². The highest BCUT2D eigenvalue weighted by molar-refractivity contribution is 7.79. The lowest BCUT2D eigenvalue weighted by Crippen LogP contribution is -2.51. The molecule has 174 valence electrons. The SMILES string of the molecule is CS.O=C(C1COCCN1)N1Cc2nc(Cl)nc(NCc3cccc(C(F)(F)F)c3)c2C1. The number of hydrogen-bond acceptors (Lipinski definition) is 7. The molecular weight excluding hydrogens is 467 g/mol. The summed E-state index contributed by atoms with van der Waals surface area (Å²) in [5.74, 6) is 0.304. The number of amides is 1. The number of anilines is 1. The van der Waals surface area contributed by atoms with Crippen LogP contribution in [0.25, 0.3) is 0 Å². The first-order valence-electron chi connectivity index (χ1n) is 9.81. The van der Waals surface area contributed by atoms with Gasteiger partial charge in [-0.3, -0.25) is 4.79 Å². The molecule has 2 N–H and O–H groups in total. The van der Waals surface area contributed by atoms with E-state index in [9.17, 15) is 18.0 Å². The topological polar surface area (TPSA) is 79.4 Å². The Balaban J connectivity index is 0.00000141. The summed E-state index contributed by atoms with van der Waals surface area (Å²) in [7, 11) is 0. The van der Waals surface area contributed by atoms with Crippen molar-refractivity contribution in [3.05, 3.63) is 51.9 Å². The molecule has 7 nitrogen and oxygen atoms in total. The first kappa shape index (κ1) is 24.6. The number of carbonyl (C=O) groups is 1. The van der Waals surface area contributed by atoms with Gasteiger partial charge in [-0.25, -0.2) is 9.97 Å². The average molecular weight is 490 g/mol. The predicted molar refractivity (Wildman–Crippen MR) is 118 cm³/mol. The summed E-state index contributed by atoms with van der Waals surface area (Å²) in [4.78, 5) is 22.8. The summed E-state index contributed by atoms with van der Waals surface area (Å²) >= 11 is 9.55. The van der Waals surface area contributed by atoms with Crippen LogP contribution in [-0.2, 0) is 35.3 Å². The van der Waals surface area contributed by atoms with Gasteiger partial charge in [0.15, 0.2) is 0 Å². The second-order valence-electron chi connectivity index (χ2n) is 7.09. The molecule has 1 aromatic carbocycles. The number of thiol groups is 1. The molecular formula is C20H23ClF3N5O2S. The Kier molecular flexibility index (Phi) is 8.21. The van der Waals surface area contributed by atoms with Gasteiger partial charge in [-0.1, -0.05) is 12.1 Å². The summed E-state index contributed by atoms with van der Waals surface area (Å²) in [6.45, 7) is 2.16. The Morgan fingerprint density at radius 1 is 1.34 bits per heavy atom. The van der Waals surface area contributed by atoms with E-state index in [0.29, 0.717) is 42.4 Å². The molecule has 0 spiro atoms. The Bertz CT molecular complexity index is 957. The summed E-state index contributed by atoms with van der Waals surface area (Å²) in [5, 5.41) is 6.17. The molecule has 0 radical (unpaired) electrons. The normalized spacial score (nSPS) is 17.9.